The largest absolute Gasteiger partial charge is 0.386 e. The smallest absolute Gasteiger partial charge is 0.0840 e. The van der Waals surface area contributed by atoms with E-state index in [1.807, 2.05) is 18.2 Å². The van der Waals surface area contributed by atoms with E-state index in [0.717, 1.165) is 5.56 Å². The van der Waals surface area contributed by atoms with Gasteiger partial charge in [-0.3, -0.25) is 0 Å². The maximum absolute atomic E-state index is 9.52. The molecular formula is C18H21O. The fourth-order valence-electron chi connectivity index (χ4n) is 1.88. The zero-order valence-corrected chi connectivity index (χ0v) is 12.1. The molecule has 2 aliphatic carbocycles. The van der Waals surface area contributed by atoms with Gasteiger partial charge in [0.15, 0.2) is 0 Å². The van der Waals surface area contributed by atoms with Crippen molar-refractivity contribution in [1.82, 2.24) is 0 Å². The van der Waals surface area contributed by atoms with Crippen LogP contribution in [-0.2, 0) is 5.60 Å². The summed E-state index contributed by atoms with van der Waals surface area (Å²) < 4.78 is 0. The highest BCUT2D eigenvalue weighted by molar-refractivity contribution is 5.82. The van der Waals surface area contributed by atoms with Crippen molar-refractivity contribution in [3.63, 3.8) is 0 Å². The summed E-state index contributed by atoms with van der Waals surface area (Å²) in [5.74, 6) is 1.37. The molecule has 1 aromatic rings. The number of rotatable bonds is 2. The predicted octanol–water partition coefficient (Wildman–Crippen LogP) is 4.54. The van der Waals surface area contributed by atoms with Crippen LogP contribution < -0.4 is 0 Å². The first-order chi connectivity index (χ1) is 8.88. The van der Waals surface area contributed by atoms with Crippen LogP contribution in [-0.4, -0.2) is 5.11 Å². The fraction of sp³-hybridized carbons (Fsp3) is 0.278. The molecule has 99 valence electrons. The predicted molar refractivity (Wildman–Crippen MR) is 80.8 cm³/mol. The van der Waals surface area contributed by atoms with E-state index < -0.39 is 5.60 Å². The van der Waals surface area contributed by atoms with Gasteiger partial charge < -0.3 is 5.11 Å². The zero-order chi connectivity index (χ0) is 14.0. The van der Waals surface area contributed by atoms with E-state index in [9.17, 15) is 5.11 Å². The van der Waals surface area contributed by atoms with Crippen molar-refractivity contribution >= 4 is 0 Å². The van der Waals surface area contributed by atoms with Crippen molar-refractivity contribution in [2.24, 2.45) is 0 Å². The molecule has 0 unspecified atom stereocenters. The van der Waals surface area contributed by atoms with E-state index in [0.29, 0.717) is 0 Å². The molecule has 1 aromatic carbocycles. The summed E-state index contributed by atoms with van der Waals surface area (Å²) >= 11 is 0. The van der Waals surface area contributed by atoms with Crippen molar-refractivity contribution in [2.45, 2.75) is 33.3 Å². The number of aliphatic hydroxyl groups is 1. The molecule has 0 spiro atoms. The van der Waals surface area contributed by atoms with Crippen LogP contribution >= 0.6 is 0 Å². The van der Waals surface area contributed by atoms with Gasteiger partial charge in [-0.15, -0.1) is 0 Å². The molecule has 0 atom stereocenters. The quantitative estimate of drug-likeness (QED) is 0.710. The molecule has 1 nitrogen and oxygen atoms in total. The van der Waals surface area contributed by atoms with Crippen molar-refractivity contribution < 1.29 is 5.11 Å². The first kappa shape index (κ1) is 13.8. The summed E-state index contributed by atoms with van der Waals surface area (Å²) in [4.78, 5) is 0. The first-order valence-electron chi connectivity index (χ1n) is 6.62. The number of fused-ring (bicyclic) bond motifs is 1. The average Bonchev–Trinajstić information content (AvgIpc) is 2.97. The molecule has 19 heavy (non-hydrogen) atoms. The van der Waals surface area contributed by atoms with Crippen molar-refractivity contribution in [3.05, 3.63) is 65.6 Å². The van der Waals surface area contributed by atoms with Crippen LogP contribution in [0.1, 0.15) is 38.8 Å². The van der Waals surface area contributed by atoms with E-state index >= 15 is 0 Å². The standard InChI is InChI=1S/C9H10O.C9H11/c1-9(2,10)8-4-6-3-7(6)5-8;1-8(2)9-6-4-3-5-7-9/h3-5,10H,1-2H3;3-7H,1-2H3. The van der Waals surface area contributed by atoms with E-state index in [4.69, 9.17) is 0 Å². The monoisotopic (exact) mass is 253 g/mol. The number of hydrogen-bond donors (Lipinski definition) is 1. The van der Waals surface area contributed by atoms with Gasteiger partial charge in [-0.05, 0) is 60.2 Å². The number of hydrogen-bond acceptors (Lipinski definition) is 1. The molecule has 0 fully saturated rings. The molecule has 0 amide bonds. The van der Waals surface area contributed by atoms with Crippen molar-refractivity contribution in [2.75, 3.05) is 0 Å². The summed E-state index contributed by atoms with van der Waals surface area (Å²) in [5.41, 5.74) is 4.27. The Kier molecular flexibility index (Phi) is 3.77. The minimum atomic E-state index is -0.665. The van der Waals surface area contributed by atoms with Gasteiger partial charge in [0.05, 0.1) is 5.60 Å². The molecule has 0 aliphatic heterocycles. The Labute approximate surface area is 115 Å². The van der Waals surface area contributed by atoms with E-state index in [-0.39, 0.29) is 0 Å². The van der Waals surface area contributed by atoms with Crippen LogP contribution in [0.5, 0.6) is 0 Å². The molecule has 3 rings (SSSR count). The highest BCUT2D eigenvalue weighted by Gasteiger charge is 2.23. The minimum absolute atomic E-state index is 0.665. The third-order valence-electron chi connectivity index (χ3n) is 3.24. The van der Waals surface area contributed by atoms with Crippen molar-refractivity contribution in [3.8, 4) is 11.1 Å². The second kappa shape index (κ2) is 5.18. The number of benzene rings is 2. The molecular weight excluding hydrogens is 232 g/mol. The second-order valence-electron chi connectivity index (χ2n) is 5.72. The highest BCUT2D eigenvalue weighted by atomic mass is 16.3. The van der Waals surface area contributed by atoms with Gasteiger partial charge in [-0.1, -0.05) is 44.2 Å². The molecule has 0 bridgehead atoms. The Morgan fingerprint density at radius 1 is 0.895 bits per heavy atom. The first-order valence-corrected chi connectivity index (χ1v) is 6.62. The average molecular weight is 253 g/mol. The van der Waals surface area contributed by atoms with Gasteiger partial charge in [0, 0.05) is 0 Å². The van der Waals surface area contributed by atoms with E-state index in [2.05, 4.69) is 44.2 Å². The van der Waals surface area contributed by atoms with Crippen LogP contribution in [0, 0.1) is 5.92 Å². The Hall–Kier alpha value is -1.60. The van der Waals surface area contributed by atoms with Crippen LogP contribution in [0.3, 0.4) is 0 Å². The van der Waals surface area contributed by atoms with E-state index in [1.54, 1.807) is 13.8 Å². The summed E-state index contributed by atoms with van der Waals surface area (Å²) in [6.45, 7) is 7.85. The Balaban J connectivity index is 0.000000141. The van der Waals surface area contributed by atoms with Crippen LogP contribution in [0.2, 0.25) is 0 Å². The summed E-state index contributed by atoms with van der Waals surface area (Å²) in [7, 11) is 0. The van der Waals surface area contributed by atoms with Crippen LogP contribution in [0.15, 0.2) is 48.5 Å². The van der Waals surface area contributed by atoms with Gasteiger partial charge >= 0.3 is 0 Å². The van der Waals surface area contributed by atoms with E-state index in [1.165, 1.54) is 22.6 Å². The Morgan fingerprint density at radius 3 is 1.74 bits per heavy atom. The molecule has 0 saturated carbocycles. The molecule has 0 aromatic heterocycles. The minimum Gasteiger partial charge on any atom is -0.386 e. The van der Waals surface area contributed by atoms with Crippen LogP contribution in [0.4, 0.5) is 0 Å². The Morgan fingerprint density at radius 2 is 1.42 bits per heavy atom. The summed E-state index contributed by atoms with van der Waals surface area (Å²) in [5, 5.41) is 9.52. The lowest BCUT2D eigenvalue weighted by Crippen LogP contribution is -2.13. The van der Waals surface area contributed by atoms with Gasteiger partial charge in [0.2, 0.25) is 0 Å². The maximum Gasteiger partial charge on any atom is 0.0840 e. The topological polar surface area (TPSA) is 20.2 Å². The zero-order valence-electron chi connectivity index (χ0n) is 12.1. The summed E-state index contributed by atoms with van der Waals surface area (Å²) in [6, 6.07) is 16.6. The lowest BCUT2D eigenvalue weighted by Gasteiger charge is -2.14. The lowest BCUT2D eigenvalue weighted by atomic mass is 10.0. The molecule has 1 radical (unpaired) electrons. The SMILES string of the molecule is CC(C)(O)c1cc2cc-2c1.C[C](C)c1ccccc1. The summed E-state index contributed by atoms with van der Waals surface area (Å²) in [6.07, 6.45) is 0. The van der Waals surface area contributed by atoms with Crippen LogP contribution in [0.25, 0.3) is 11.1 Å². The molecule has 2 aliphatic rings. The second-order valence-corrected chi connectivity index (χ2v) is 5.72. The fourth-order valence-corrected chi connectivity index (χ4v) is 1.88. The van der Waals surface area contributed by atoms with Gasteiger partial charge in [0.1, 0.15) is 0 Å². The third kappa shape index (κ3) is 3.68. The van der Waals surface area contributed by atoms with Crippen molar-refractivity contribution in [1.29, 1.82) is 0 Å². The third-order valence-corrected chi connectivity index (χ3v) is 3.24. The molecule has 1 N–H and O–H groups in total. The molecule has 1 heteroatoms. The van der Waals surface area contributed by atoms with Gasteiger partial charge in [-0.25, -0.2) is 0 Å². The maximum atomic E-state index is 9.52. The normalized spacial score (nSPS) is 11.9. The Bertz CT molecular complexity index is 527. The lowest BCUT2D eigenvalue weighted by molar-refractivity contribution is 0.0790. The highest BCUT2D eigenvalue weighted by Crippen LogP contribution is 2.39. The molecule has 0 saturated heterocycles. The molecule has 0 heterocycles. The van der Waals surface area contributed by atoms with Gasteiger partial charge in [-0.2, -0.15) is 0 Å². The van der Waals surface area contributed by atoms with Gasteiger partial charge in [0.25, 0.3) is 0 Å².